The van der Waals surface area contributed by atoms with Crippen LogP contribution in [0.3, 0.4) is 0 Å². The van der Waals surface area contributed by atoms with Crippen LogP contribution in [0.1, 0.15) is 50.9 Å². The molecule has 0 aliphatic carbocycles. The first-order chi connectivity index (χ1) is 13.1. The maximum absolute atomic E-state index is 13.0. The number of carbonyl (C=O) groups is 1. The van der Waals surface area contributed by atoms with Gasteiger partial charge < -0.3 is 4.74 Å². The summed E-state index contributed by atoms with van der Waals surface area (Å²) in [4.78, 5) is 17.7. The number of tetrazole rings is 1. The lowest BCUT2D eigenvalue weighted by Crippen LogP contribution is -2.34. The zero-order valence-electron chi connectivity index (χ0n) is 16.0. The number of aromatic nitrogens is 5. The molecular formula is C19H25N5O2S. The molecule has 0 amide bonds. The Morgan fingerprint density at radius 3 is 2.70 bits per heavy atom. The summed E-state index contributed by atoms with van der Waals surface area (Å²) >= 11 is 1.64. The number of benzene rings is 1. The van der Waals surface area contributed by atoms with E-state index in [1.807, 2.05) is 32.0 Å². The van der Waals surface area contributed by atoms with Gasteiger partial charge in [0.2, 0.25) is 0 Å². The molecule has 3 aromatic rings. The van der Waals surface area contributed by atoms with Crippen molar-refractivity contribution in [2.75, 3.05) is 0 Å². The first-order valence-electron chi connectivity index (χ1n) is 9.38. The highest BCUT2D eigenvalue weighted by Gasteiger charge is 2.38. The number of ether oxygens (including phenoxy) is 1. The first-order valence-corrected chi connectivity index (χ1v) is 10.2. The highest BCUT2D eigenvalue weighted by Crippen LogP contribution is 2.35. The van der Waals surface area contributed by atoms with Crippen LogP contribution in [0.25, 0.3) is 10.2 Å². The van der Waals surface area contributed by atoms with Crippen molar-refractivity contribution in [3.63, 3.8) is 0 Å². The molecule has 27 heavy (non-hydrogen) atoms. The van der Waals surface area contributed by atoms with Crippen molar-refractivity contribution in [2.24, 2.45) is 5.41 Å². The highest BCUT2D eigenvalue weighted by molar-refractivity contribution is 7.18. The Morgan fingerprint density at radius 1 is 1.22 bits per heavy atom. The van der Waals surface area contributed by atoms with Crippen LogP contribution in [0.5, 0.6) is 0 Å². The number of aryl methyl sites for hydroxylation is 1. The van der Waals surface area contributed by atoms with E-state index in [1.54, 1.807) is 16.0 Å². The molecule has 0 N–H and O–H groups in total. The lowest BCUT2D eigenvalue weighted by atomic mass is 9.79. The van der Waals surface area contributed by atoms with Crippen molar-refractivity contribution >= 4 is 27.5 Å². The zero-order valence-corrected chi connectivity index (χ0v) is 16.8. The maximum atomic E-state index is 13.0. The highest BCUT2D eigenvalue weighted by atomic mass is 32.1. The molecule has 0 bridgehead atoms. The number of hydrogen-bond acceptors (Lipinski definition) is 7. The van der Waals surface area contributed by atoms with E-state index in [9.17, 15) is 4.79 Å². The van der Waals surface area contributed by atoms with E-state index in [4.69, 9.17) is 9.72 Å². The van der Waals surface area contributed by atoms with Gasteiger partial charge in [-0.2, -0.15) is 0 Å². The molecule has 1 aromatic carbocycles. The summed E-state index contributed by atoms with van der Waals surface area (Å²) in [6, 6.07) is 8.04. The average molecular weight is 388 g/mol. The van der Waals surface area contributed by atoms with E-state index in [0.717, 1.165) is 21.6 Å². The van der Waals surface area contributed by atoms with Gasteiger partial charge in [0.05, 0.1) is 20.6 Å². The number of nitrogens with zero attached hydrogens (tertiary/aromatic N) is 5. The minimum Gasteiger partial charge on any atom is -0.457 e. The van der Waals surface area contributed by atoms with E-state index in [1.165, 1.54) is 0 Å². The summed E-state index contributed by atoms with van der Waals surface area (Å²) in [5.74, 6) is 0.365. The van der Waals surface area contributed by atoms with Gasteiger partial charge in [-0.05, 0) is 41.8 Å². The number of thiazole rings is 1. The lowest BCUT2D eigenvalue weighted by Gasteiger charge is -2.28. The maximum Gasteiger partial charge on any atom is 0.312 e. The van der Waals surface area contributed by atoms with Gasteiger partial charge in [0.25, 0.3) is 0 Å². The Hall–Kier alpha value is -2.35. The molecule has 144 valence electrons. The second-order valence-electron chi connectivity index (χ2n) is 6.63. The number of para-hydroxylation sites is 1. The quantitative estimate of drug-likeness (QED) is 0.520. The summed E-state index contributed by atoms with van der Waals surface area (Å²) in [5.41, 5.74) is 0.391. The second-order valence-corrected chi connectivity index (χ2v) is 7.75. The molecule has 8 heteroatoms. The van der Waals surface area contributed by atoms with Gasteiger partial charge in [-0.3, -0.25) is 4.79 Å². The smallest absolute Gasteiger partial charge is 0.312 e. The molecule has 7 nitrogen and oxygen atoms in total. The minimum atomic E-state index is -0.586. The van der Waals surface area contributed by atoms with Gasteiger partial charge in [-0.25, -0.2) is 9.67 Å². The molecule has 0 aliphatic heterocycles. The van der Waals surface area contributed by atoms with Gasteiger partial charge in [-0.1, -0.05) is 32.9 Å². The summed E-state index contributed by atoms with van der Waals surface area (Å²) in [6.07, 6.45) is 2.88. The third kappa shape index (κ3) is 4.16. The van der Waals surface area contributed by atoms with Crippen molar-refractivity contribution in [1.82, 2.24) is 25.2 Å². The molecule has 0 fully saturated rings. The Labute approximate surface area is 162 Å². The number of rotatable bonds is 9. The first kappa shape index (κ1) is 19.4. The largest absolute Gasteiger partial charge is 0.457 e. The van der Waals surface area contributed by atoms with E-state index in [-0.39, 0.29) is 12.6 Å². The molecule has 0 spiro atoms. The van der Waals surface area contributed by atoms with Crippen LogP contribution < -0.4 is 0 Å². The van der Waals surface area contributed by atoms with Crippen LogP contribution >= 0.6 is 11.3 Å². The molecule has 2 heterocycles. The predicted molar refractivity (Wildman–Crippen MR) is 104 cm³/mol. The molecule has 0 saturated heterocycles. The summed E-state index contributed by atoms with van der Waals surface area (Å²) in [7, 11) is 0. The normalized spacial score (nSPS) is 11.8. The fourth-order valence-electron chi connectivity index (χ4n) is 3.14. The van der Waals surface area contributed by atoms with Crippen LogP contribution in [0.2, 0.25) is 0 Å². The molecule has 0 saturated carbocycles. The monoisotopic (exact) mass is 387 g/mol. The molecule has 0 aliphatic rings. The van der Waals surface area contributed by atoms with Crippen molar-refractivity contribution in [2.45, 2.75) is 59.6 Å². The van der Waals surface area contributed by atoms with E-state index in [2.05, 4.69) is 28.5 Å². The standard InChI is InChI=1S/C19H25N5O2S/c1-4-11-24-16(21-22-23-24)13-26-18(25)19(5-2,6-3)12-17-20-14-9-7-8-10-15(14)27-17/h7-10H,4-6,11-13H2,1-3H3. The van der Waals surface area contributed by atoms with Crippen LogP contribution in [-0.4, -0.2) is 31.2 Å². The van der Waals surface area contributed by atoms with Crippen molar-refractivity contribution in [1.29, 1.82) is 0 Å². The van der Waals surface area contributed by atoms with E-state index >= 15 is 0 Å². The fraction of sp³-hybridized carbons (Fsp3) is 0.526. The van der Waals surface area contributed by atoms with E-state index < -0.39 is 5.41 Å². The van der Waals surface area contributed by atoms with Crippen LogP contribution in [0, 0.1) is 5.41 Å². The summed E-state index contributed by atoms with van der Waals surface area (Å²) < 4.78 is 8.46. The van der Waals surface area contributed by atoms with Crippen molar-refractivity contribution in [3.8, 4) is 0 Å². The van der Waals surface area contributed by atoms with Gasteiger partial charge >= 0.3 is 5.97 Å². The topological polar surface area (TPSA) is 82.8 Å². The number of hydrogen-bond donors (Lipinski definition) is 0. The third-order valence-corrected chi connectivity index (χ3v) is 6.02. The SMILES string of the molecule is CCCn1nnnc1COC(=O)C(CC)(CC)Cc1nc2ccccc2s1. The third-order valence-electron chi connectivity index (χ3n) is 4.99. The summed E-state index contributed by atoms with van der Waals surface area (Å²) in [6.45, 7) is 6.90. The molecule has 0 radical (unpaired) electrons. The molecule has 0 unspecified atom stereocenters. The van der Waals surface area contributed by atoms with Crippen molar-refractivity contribution in [3.05, 3.63) is 35.1 Å². The number of carbonyl (C=O) groups excluding carboxylic acids is 1. The Morgan fingerprint density at radius 2 is 2.00 bits per heavy atom. The Balaban J connectivity index is 1.74. The zero-order chi connectivity index (χ0) is 19.3. The van der Waals surface area contributed by atoms with Crippen LogP contribution in [-0.2, 0) is 29.1 Å². The van der Waals surface area contributed by atoms with Gasteiger partial charge in [0, 0.05) is 13.0 Å². The van der Waals surface area contributed by atoms with E-state index in [0.29, 0.717) is 31.6 Å². The lowest BCUT2D eigenvalue weighted by molar-refractivity contribution is -0.158. The number of esters is 1. The van der Waals surface area contributed by atoms with Gasteiger partial charge in [0.15, 0.2) is 12.4 Å². The van der Waals surface area contributed by atoms with Crippen LogP contribution in [0.4, 0.5) is 0 Å². The molecular weight excluding hydrogens is 362 g/mol. The minimum absolute atomic E-state index is 0.0907. The van der Waals surface area contributed by atoms with Crippen molar-refractivity contribution < 1.29 is 9.53 Å². The number of fused-ring (bicyclic) bond motifs is 1. The van der Waals surface area contributed by atoms with Crippen LogP contribution in [0.15, 0.2) is 24.3 Å². The Bertz CT molecular complexity index is 867. The Kier molecular flexibility index (Phi) is 6.15. The summed E-state index contributed by atoms with van der Waals surface area (Å²) in [5, 5.41) is 12.5. The molecule has 0 atom stereocenters. The predicted octanol–water partition coefficient (Wildman–Crippen LogP) is 3.79. The molecule has 3 rings (SSSR count). The fourth-order valence-corrected chi connectivity index (χ4v) is 4.25. The second kappa shape index (κ2) is 8.56. The average Bonchev–Trinajstić information content (AvgIpc) is 3.30. The van der Waals surface area contributed by atoms with Gasteiger partial charge in [0.1, 0.15) is 0 Å². The molecule has 2 aromatic heterocycles. The van der Waals surface area contributed by atoms with Gasteiger partial charge in [-0.15, -0.1) is 16.4 Å².